The summed E-state index contributed by atoms with van der Waals surface area (Å²) in [6.07, 6.45) is 2.84. The number of methoxy groups -OCH3 is 1. The Labute approximate surface area is 170 Å². The molecule has 1 saturated heterocycles. The minimum absolute atomic E-state index is 0.187. The summed E-state index contributed by atoms with van der Waals surface area (Å²) < 4.78 is 32.2. The van der Waals surface area contributed by atoms with Gasteiger partial charge in [-0.05, 0) is 55.3 Å². The normalized spacial score (nSPS) is 15.2. The number of sulfonamides is 1. The van der Waals surface area contributed by atoms with Crippen molar-refractivity contribution in [2.24, 2.45) is 0 Å². The van der Waals surface area contributed by atoms with Crippen LogP contribution in [0, 0.1) is 0 Å². The predicted molar refractivity (Wildman–Crippen MR) is 111 cm³/mol. The lowest BCUT2D eigenvalue weighted by molar-refractivity contribution is -0.113. The van der Waals surface area contributed by atoms with Gasteiger partial charge in [0.15, 0.2) is 0 Å². The van der Waals surface area contributed by atoms with Crippen LogP contribution < -0.4 is 10.1 Å². The molecule has 3 rings (SSSR count). The molecular weight excluding hydrogens is 396 g/mol. The van der Waals surface area contributed by atoms with Crippen LogP contribution in [0.4, 0.5) is 5.69 Å². The first kappa shape index (κ1) is 20.7. The van der Waals surface area contributed by atoms with Crippen LogP contribution in [0.2, 0.25) is 0 Å². The van der Waals surface area contributed by atoms with E-state index in [2.05, 4.69) is 5.32 Å². The molecule has 1 amide bonds. The van der Waals surface area contributed by atoms with E-state index in [1.165, 1.54) is 22.1 Å². The number of benzene rings is 2. The van der Waals surface area contributed by atoms with Crippen molar-refractivity contribution in [1.29, 1.82) is 0 Å². The summed E-state index contributed by atoms with van der Waals surface area (Å²) >= 11 is 1.41. The lowest BCUT2D eigenvalue weighted by Gasteiger charge is -2.26. The average molecular weight is 421 g/mol. The van der Waals surface area contributed by atoms with E-state index in [-0.39, 0.29) is 16.6 Å². The summed E-state index contributed by atoms with van der Waals surface area (Å²) in [5.74, 6) is 0.809. The largest absolute Gasteiger partial charge is 0.497 e. The summed E-state index contributed by atoms with van der Waals surface area (Å²) in [5.41, 5.74) is 0.485. The molecule has 0 atom stereocenters. The van der Waals surface area contributed by atoms with Crippen molar-refractivity contribution in [2.75, 3.05) is 31.3 Å². The molecule has 6 nitrogen and oxygen atoms in total. The number of anilines is 1. The van der Waals surface area contributed by atoms with Gasteiger partial charge in [-0.3, -0.25) is 4.79 Å². The van der Waals surface area contributed by atoms with Crippen molar-refractivity contribution in [3.63, 3.8) is 0 Å². The second-order valence-electron chi connectivity index (χ2n) is 6.50. The Kier molecular flexibility index (Phi) is 6.98. The molecule has 0 spiro atoms. The standard InChI is InChI=1S/C20H24N2O4S2/c1-26-17-8-10-18(11-9-17)27-15-20(23)21-16-6-5-7-19(14-16)28(24,25)22-12-3-2-4-13-22/h5-11,14H,2-4,12-13,15H2,1H3,(H,21,23). The zero-order chi connectivity index (χ0) is 20.0. The van der Waals surface area contributed by atoms with E-state index in [1.807, 2.05) is 24.3 Å². The lowest BCUT2D eigenvalue weighted by Crippen LogP contribution is -2.35. The van der Waals surface area contributed by atoms with Crippen molar-refractivity contribution in [3.8, 4) is 5.75 Å². The molecule has 1 aliphatic rings. The fourth-order valence-electron chi connectivity index (χ4n) is 3.01. The molecule has 0 aromatic heterocycles. The Bertz CT molecular complexity index is 908. The minimum Gasteiger partial charge on any atom is -0.497 e. The summed E-state index contributed by atoms with van der Waals surface area (Å²) in [7, 11) is -1.91. The molecule has 1 N–H and O–H groups in total. The molecule has 0 bridgehead atoms. The van der Waals surface area contributed by atoms with Crippen molar-refractivity contribution < 1.29 is 17.9 Å². The first-order valence-electron chi connectivity index (χ1n) is 9.16. The highest BCUT2D eigenvalue weighted by Gasteiger charge is 2.26. The van der Waals surface area contributed by atoms with Crippen LogP contribution in [0.5, 0.6) is 5.75 Å². The maximum absolute atomic E-state index is 12.8. The fraction of sp³-hybridized carbons (Fsp3) is 0.350. The third-order valence-corrected chi connectivity index (χ3v) is 7.41. The van der Waals surface area contributed by atoms with Crippen LogP contribution in [-0.4, -0.2) is 44.6 Å². The van der Waals surface area contributed by atoms with Crippen LogP contribution in [0.3, 0.4) is 0 Å². The highest BCUT2D eigenvalue weighted by molar-refractivity contribution is 8.00. The molecule has 0 unspecified atom stereocenters. The lowest BCUT2D eigenvalue weighted by atomic mass is 10.2. The SMILES string of the molecule is COc1ccc(SCC(=O)Nc2cccc(S(=O)(=O)N3CCCCC3)c2)cc1. The molecule has 1 heterocycles. The van der Waals surface area contributed by atoms with Gasteiger partial charge in [-0.2, -0.15) is 4.31 Å². The van der Waals surface area contributed by atoms with Gasteiger partial charge >= 0.3 is 0 Å². The van der Waals surface area contributed by atoms with E-state index < -0.39 is 10.0 Å². The second kappa shape index (κ2) is 9.45. The molecule has 28 heavy (non-hydrogen) atoms. The number of amides is 1. The van der Waals surface area contributed by atoms with E-state index in [0.717, 1.165) is 29.9 Å². The first-order chi connectivity index (χ1) is 13.5. The van der Waals surface area contributed by atoms with Gasteiger partial charge in [0.25, 0.3) is 0 Å². The van der Waals surface area contributed by atoms with Gasteiger partial charge in [0.2, 0.25) is 15.9 Å². The van der Waals surface area contributed by atoms with E-state index in [9.17, 15) is 13.2 Å². The number of thioether (sulfide) groups is 1. The topological polar surface area (TPSA) is 75.7 Å². The zero-order valence-corrected chi connectivity index (χ0v) is 17.4. The molecule has 2 aromatic rings. The monoisotopic (exact) mass is 420 g/mol. The summed E-state index contributed by atoms with van der Waals surface area (Å²) in [5, 5.41) is 2.78. The molecule has 1 aliphatic heterocycles. The molecule has 1 fully saturated rings. The van der Waals surface area contributed by atoms with Gasteiger partial charge in [-0.25, -0.2) is 8.42 Å². The van der Waals surface area contributed by atoms with Gasteiger partial charge in [0.1, 0.15) is 5.75 Å². The van der Waals surface area contributed by atoms with Gasteiger partial charge in [-0.15, -0.1) is 11.8 Å². The summed E-state index contributed by atoms with van der Waals surface area (Å²) in [6, 6.07) is 13.9. The van der Waals surface area contributed by atoms with Crippen LogP contribution in [0.1, 0.15) is 19.3 Å². The number of ether oxygens (including phenoxy) is 1. The summed E-state index contributed by atoms with van der Waals surface area (Å²) in [6.45, 7) is 1.11. The average Bonchev–Trinajstić information content (AvgIpc) is 2.73. The third-order valence-electron chi connectivity index (χ3n) is 4.50. The number of hydrogen-bond donors (Lipinski definition) is 1. The molecular formula is C20H24N2O4S2. The van der Waals surface area contributed by atoms with Gasteiger partial charge in [0.05, 0.1) is 17.8 Å². The predicted octanol–water partition coefficient (Wildman–Crippen LogP) is 3.60. The number of piperidine rings is 1. The number of rotatable bonds is 7. The Morgan fingerprint density at radius 1 is 1.11 bits per heavy atom. The number of carbonyl (C=O) groups is 1. The second-order valence-corrected chi connectivity index (χ2v) is 9.49. The van der Waals surface area contributed by atoms with Crippen LogP contribution in [-0.2, 0) is 14.8 Å². The maximum atomic E-state index is 12.8. The molecule has 150 valence electrons. The fourth-order valence-corrected chi connectivity index (χ4v) is 5.27. The number of nitrogens with one attached hydrogen (secondary N) is 1. The number of carbonyl (C=O) groups excluding carboxylic acids is 1. The van der Waals surface area contributed by atoms with Gasteiger partial charge < -0.3 is 10.1 Å². The zero-order valence-electron chi connectivity index (χ0n) is 15.8. The third kappa shape index (κ3) is 5.27. The molecule has 0 aliphatic carbocycles. The Morgan fingerprint density at radius 2 is 1.82 bits per heavy atom. The van der Waals surface area contributed by atoms with E-state index in [4.69, 9.17) is 4.74 Å². The Morgan fingerprint density at radius 3 is 2.50 bits per heavy atom. The van der Waals surface area contributed by atoms with Crippen molar-refractivity contribution in [2.45, 2.75) is 29.1 Å². The number of nitrogens with zero attached hydrogens (tertiary/aromatic N) is 1. The maximum Gasteiger partial charge on any atom is 0.243 e. The van der Waals surface area contributed by atoms with Crippen LogP contribution in [0.15, 0.2) is 58.3 Å². The van der Waals surface area contributed by atoms with E-state index in [0.29, 0.717) is 18.8 Å². The Balaban J connectivity index is 1.61. The summed E-state index contributed by atoms with van der Waals surface area (Å²) in [4.78, 5) is 13.4. The van der Waals surface area contributed by atoms with Crippen LogP contribution in [0.25, 0.3) is 0 Å². The van der Waals surface area contributed by atoms with Crippen molar-refractivity contribution in [3.05, 3.63) is 48.5 Å². The molecule has 2 aromatic carbocycles. The number of hydrogen-bond acceptors (Lipinski definition) is 5. The highest BCUT2D eigenvalue weighted by atomic mass is 32.2. The molecule has 8 heteroatoms. The van der Waals surface area contributed by atoms with E-state index in [1.54, 1.807) is 25.3 Å². The van der Waals surface area contributed by atoms with Gasteiger partial charge in [-0.1, -0.05) is 12.5 Å². The van der Waals surface area contributed by atoms with Crippen molar-refractivity contribution >= 4 is 33.4 Å². The van der Waals surface area contributed by atoms with E-state index >= 15 is 0 Å². The minimum atomic E-state index is -3.52. The Hall–Kier alpha value is -2.03. The molecule has 0 radical (unpaired) electrons. The smallest absolute Gasteiger partial charge is 0.243 e. The highest BCUT2D eigenvalue weighted by Crippen LogP contribution is 2.24. The quantitative estimate of drug-likeness (QED) is 0.693. The van der Waals surface area contributed by atoms with Crippen LogP contribution >= 0.6 is 11.8 Å². The first-order valence-corrected chi connectivity index (χ1v) is 11.6. The van der Waals surface area contributed by atoms with Gasteiger partial charge in [0, 0.05) is 23.7 Å². The molecule has 0 saturated carbocycles. The van der Waals surface area contributed by atoms with Crippen molar-refractivity contribution in [1.82, 2.24) is 4.31 Å².